The van der Waals surface area contributed by atoms with E-state index in [1.54, 1.807) is 33.2 Å². The predicted octanol–water partition coefficient (Wildman–Crippen LogP) is 3.83. The van der Waals surface area contributed by atoms with E-state index >= 15 is 0 Å². The number of methoxy groups -OCH3 is 1. The van der Waals surface area contributed by atoms with Crippen LogP contribution in [0.3, 0.4) is 0 Å². The summed E-state index contributed by atoms with van der Waals surface area (Å²) in [4.78, 5) is 33.4. The van der Waals surface area contributed by atoms with Crippen molar-refractivity contribution in [1.29, 1.82) is 0 Å². The summed E-state index contributed by atoms with van der Waals surface area (Å²) in [5.41, 5.74) is 2.33. The molecule has 146 valence electrons. The molecule has 6 heteroatoms. The molecule has 0 aliphatic carbocycles. The van der Waals surface area contributed by atoms with Gasteiger partial charge in [0.25, 0.3) is 0 Å². The van der Waals surface area contributed by atoms with Gasteiger partial charge < -0.3 is 14.5 Å². The van der Waals surface area contributed by atoms with Crippen LogP contribution in [0, 0.1) is 5.92 Å². The number of carbonyl (C=O) groups is 2. The maximum absolute atomic E-state index is 13.1. The zero-order valence-corrected chi connectivity index (χ0v) is 16.4. The first-order valence-corrected chi connectivity index (χ1v) is 9.09. The Hall–Kier alpha value is -3.15. The number of aromatic amines is 1. The lowest BCUT2D eigenvalue weighted by molar-refractivity contribution is -0.168. The minimum atomic E-state index is -1.16. The smallest absolute Gasteiger partial charge is 0.321 e. The SMILES string of the molecule is COC(=O)C(C(=O)OC(C)(C)C)C(c1ccccc1)c1c[nH]c2cccnc12. The molecule has 0 amide bonds. The molecule has 3 aromatic rings. The maximum atomic E-state index is 13.1. The molecule has 1 aromatic carbocycles. The van der Waals surface area contributed by atoms with E-state index in [9.17, 15) is 9.59 Å². The fraction of sp³-hybridized carbons (Fsp3) is 0.318. The van der Waals surface area contributed by atoms with Crippen LogP contribution in [0.2, 0.25) is 0 Å². The topological polar surface area (TPSA) is 81.3 Å². The fourth-order valence-electron chi connectivity index (χ4n) is 3.29. The number of H-pyrrole nitrogens is 1. The van der Waals surface area contributed by atoms with Crippen LogP contribution in [0.4, 0.5) is 0 Å². The number of benzene rings is 1. The number of nitrogens with zero attached hydrogens (tertiary/aromatic N) is 1. The highest BCUT2D eigenvalue weighted by Crippen LogP contribution is 2.37. The molecule has 3 rings (SSSR count). The predicted molar refractivity (Wildman–Crippen MR) is 106 cm³/mol. The number of hydrogen-bond acceptors (Lipinski definition) is 5. The highest BCUT2D eigenvalue weighted by Gasteiger charge is 2.41. The number of aromatic nitrogens is 2. The number of rotatable bonds is 5. The van der Waals surface area contributed by atoms with Gasteiger partial charge in [0.2, 0.25) is 0 Å². The van der Waals surface area contributed by atoms with Crippen LogP contribution in [0.15, 0.2) is 54.9 Å². The van der Waals surface area contributed by atoms with Gasteiger partial charge in [-0.05, 0) is 38.5 Å². The molecule has 6 nitrogen and oxygen atoms in total. The summed E-state index contributed by atoms with van der Waals surface area (Å²) < 4.78 is 10.6. The van der Waals surface area contributed by atoms with Gasteiger partial charge in [-0.3, -0.25) is 14.6 Å². The van der Waals surface area contributed by atoms with Gasteiger partial charge in [0.1, 0.15) is 5.60 Å². The summed E-state index contributed by atoms with van der Waals surface area (Å²) >= 11 is 0. The lowest BCUT2D eigenvalue weighted by Crippen LogP contribution is -2.37. The van der Waals surface area contributed by atoms with Crippen molar-refractivity contribution in [3.63, 3.8) is 0 Å². The Kier molecular flexibility index (Phi) is 5.49. The standard InChI is InChI=1S/C22H24N2O4/c1-22(2,3)28-21(26)18(20(25)27-4)17(14-9-6-5-7-10-14)15-13-24-16-11-8-12-23-19(15)16/h5-13,17-18,24H,1-4H3. The molecule has 0 saturated carbocycles. The molecule has 0 aliphatic heterocycles. The summed E-state index contributed by atoms with van der Waals surface area (Å²) in [6.45, 7) is 5.30. The average molecular weight is 380 g/mol. The highest BCUT2D eigenvalue weighted by molar-refractivity contribution is 5.97. The third-order valence-electron chi connectivity index (χ3n) is 4.41. The largest absolute Gasteiger partial charge is 0.468 e. The second kappa shape index (κ2) is 7.84. The molecule has 0 bridgehead atoms. The zero-order valence-electron chi connectivity index (χ0n) is 16.4. The molecule has 0 saturated heterocycles. The van der Waals surface area contributed by atoms with Gasteiger partial charge in [-0.25, -0.2) is 0 Å². The van der Waals surface area contributed by atoms with Crippen molar-refractivity contribution in [2.75, 3.05) is 7.11 Å². The second-order valence-electron chi connectivity index (χ2n) is 7.57. The lowest BCUT2D eigenvalue weighted by Gasteiger charge is -2.28. The molecule has 2 aromatic heterocycles. The molecule has 2 heterocycles. The van der Waals surface area contributed by atoms with Crippen molar-refractivity contribution in [2.24, 2.45) is 5.92 Å². The van der Waals surface area contributed by atoms with Gasteiger partial charge in [0, 0.05) is 23.9 Å². The van der Waals surface area contributed by atoms with Crippen LogP contribution < -0.4 is 0 Å². The Morgan fingerprint density at radius 1 is 1.04 bits per heavy atom. The van der Waals surface area contributed by atoms with E-state index in [-0.39, 0.29) is 0 Å². The van der Waals surface area contributed by atoms with Crippen LogP contribution in [-0.2, 0) is 19.1 Å². The quantitative estimate of drug-likeness (QED) is 0.537. The van der Waals surface area contributed by atoms with Crippen LogP contribution in [0.1, 0.15) is 37.8 Å². The van der Waals surface area contributed by atoms with Crippen molar-refractivity contribution in [1.82, 2.24) is 9.97 Å². The summed E-state index contributed by atoms with van der Waals surface area (Å²) in [7, 11) is 1.27. The molecule has 0 fully saturated rings. The minimum Gasteiger partial charge on any atom is -0.468 e. The van der Waals surface area contributed by atoms with Crippen LogP contribution >= 0.6 is 0 Å². The van der Waals surface area contributed by atoms with Crippen LogP contribution in [0.25, 0.3) is 11.0 Å². The second-order valence-corrected chi connectivity index (χ2v) is 7.57. The molecular formula is C22H24N2O4. The monoisotopic (exact) mass is 380 g/mol. The lowest BCUT2D eigenvalue weighted by atomic mass is 9.81. The Balaban J connectivity index is 2.18. The van der Waals surface area contributed by atoms with E-state index in [0.717, 1.165) is 16.6 Å². The first-order valence-electron chi connectivity index (χ1n) is 9.09. The third kappa shape index (κ3) is 4.06. The average Bonchev–Trinajstić information content (AvgIpc) is 3.08. The summed E-state index contributed by atoms with van der Waals surface area (Å²) in [6.07, 6.45) is 3.47. The van der Waals surface area contributed by atoms with Crippen molar-refractivity contribution in [3.8, 4) is 0 Å². The van der Waals surface area contributed by atoms with Gasteiger partial charge in [0.15, 0.2) is 5.92 Å². The summed E-state index contributed by atoms with van der Waals surface area (Å²) in [5.74, 6) is -3.04. The number of pyridine rings is 1. The van der Waals surface area contributed by atoms with Gasteiger partial charge in [-0.2, -0.15) is 0 Å². The molecule has 0 aliphatic rings. The molecule has 1 N–H and O–H groups in total. The van der Waals surface area contributed by atoms with Gasteiger partial charge in [0.05, 0.1) is 18.1 Å². The molecule has 2 atom stereocenters. The van der Waals surface area contributed by atoms with E-state index in [1.807, 2.05) is 42.5 Å². The first kappa shape index (κ1) is 19.6. The Morgan fingerprint density at radius 2 is 1.75 bits per heavy atom. The van der Waals surface area contributed by atoms with E-state index < -0.39 is 29.4 Å². The van der Waals surface area contributed by atoms with E-state index in [0.29, 0.717) is 5.52 Å². The van der Waals surface area contributed by atoms with Crippen molar-refractivity contribution in [2.45, 2.75) is 32.3 Å². The number of nitrogens with one attached hydrogen (secondary N) is 1. The Morgan fingerprint density at radius 3 is 2.39 bits per heavy atom. The van der Waals surface area contributed by atoms with E-state index in [1.165, 1.54) is 7.11 Å². The molecule has 0 spiro atoms. The summed E-state index contributed by atoms with van der Waals surface area (Å²) in [6, 6.07) is 13.1. The summed E-state index contributed by atoms with van der Waals surface area (Å²) in [5, 5.41) is 0. The van der Waals surface area contributed by atoms with Crippen molar-refractivity contribution < 1.29 is 19.1 Å². The maximum Gasteiger partial charge on any atom is 0.321 e. The van der Waals surface area contributed by atoms with Crippen LogP contribution in [-0.4, -0.2) is 34.6 Å². The van der Waals surface area contributed by atoms with E-state index in [4.69, 9.17) is 9.47 Å². The normalized spacial score (nSPS) is 13.7. The number of esters is 2. The number of hydrogen-bond donors (Lipinski definition) is 1. The Bertz CT molecular complexity index is 973. The third-order valence-corrected chi connectivity index (χ3v) is 4.41. The van der Waals surface area contributed by atoms with Crippen LogP contribution in [0.5, 0.6) is 0 Å². The van der Waals surface area contributed by atoms with Gasteiger partial charge >= 0.3 is 11.9 Å². The van der Waals surface area contributed by atoms with E-state index in [2.05, 4.69) is 9.97 Å². The van der Waals surface area contributed by atoms with Gasteiger partial charge in [-0.1, -0.05) is 30.3 Å². The number of fused-ring (bicyclic) bond motifs is 1. The molecule has 2 unspecified atom stereocenters. The van der Waals surface area contributed by atoms with Gasteiger partial charge in [-0.15, -0.1) is 0 Å². The van der Waals surface area contributed by atoms with Crippen molar-refractivity contribution >= 4 is 23.0 Å². The first-order chi connectivity index (χ1) is 13.3. The number of carbonyl (C=O) groups excluding carboxylic acids is 2. The number of ether oxygens (including phenoxy) is 2. The molecular weight excluding hydrogens is 356 g/mol. The zero-order chi connectivity index (χ0) is 20.3. The minimum absolute atomic E-state index is 0.604. The molecule has 28 heavy (non-hydrogen) atoms. The highest BCUT2D eigenvalue weighted by atomic mass is 16.6. The molecule has 0 radical (unpaired) electrons. The Labute approximate surface area is 163 Å². The van der Waals surface area contributed by atoms with Crippen molar-refractivity contribution in [3.05, 3.63) is 66.0 Å². The fourth-order valence-corrected chi connectivity index (χ4v) is 3.29.